The molecule has 0 radical (unpaired) electrons. The number of sulfonamides is 1. The van der Waals surface area contributed by atoms with E-state index in [1.54, 1.807) is 31.2 Å². The maximum absolute atomic E-state index is 12.7. The summed E-state index contributed by atoms with van der Waals surface area (Å²) in [6.07, 6.45) is 0.632. The molecule has 2 aromatic heterocycles. The highest BCUT2D eigenvalue weighted by molar-refractivity contribution is 9.10. The van der Waals surface area contributed by atoms with E-state index >= 15 is 0 Å². The van der Waals surface area contributed by atoms with Gasteiger partial charge >= 0.3 is 0 Å². The second kappa shape index (κ2) is 6.66. The molecule has 3 rings (SSSR count). The van der Waals surface area contributed by atoms with E-state index < -0.39 is 10.0 Å². The lowest BCUT2D eigenvalue weighted by atomic mass is 10.3. The quantitative estimate of drug-likeness (QED) is 0.658. The Kier molecular flexibility index (Phi) is 4.75. The number of nitrogens with one attached hydrogen (secondary N) is 1. The number of thiophene rings is 1. The maximum Gasteiger partial charge on any atom is 0.263 e. The number of nitrogens with zero attached hydrogens (tertiary/aromatic N) is 2. The van der Waals surface area contributed by atoms with Gasteiger partial charge in [0.1, 0.15) is 4.90 Å². The summed E-state index contributed by atoms with van der Waals surface area (Å²) in [5.74, 6) is 0.927. The van der Waals surface area contributed by atoms with Gasteiger partial charge in [0.25, 0.3) is 10.0 Å². The van der Waals surface area contributed by atoms with Crippen molar-refractivity contribution >= 4 is 43.0 Å². The van der Waals surface area contributed by atoms with Crippen LogP contribution >= 0.6 is 27.3 Å². The Bertz CT molecular complexity index is 980. The standard InChI is InChI=1S/C15H14BrN3O3S2/c1-3-14-17-15(18-22-14)12-8-13(9(2)23-12)24(20,21)19-11-6-4-5-10(16)7-11/h4-8,19H,3H2,1-2H3. The van der Waals surface area contributed by atoms with Crippen molar-refractivity contribution in [3.05, 3.63) is 45.6 Å². The fourth-order valence-electron chi connectivity index (χ4n) is 2.10. The largest absolute Gasteiger partial charge is 0.339 e. The molecular formula is C15H14BrN3O3S2. The summed E-state index contributed by atoms with van der Waals surface area (Å²) < 4.78 is 33.8. The Hall–Kier alpha value is -1.71. The number of hydrogen-bond acceptors (Lipinski definition) is 6. The highest BCUT2D eigenvalue weighted by atomic mass is 79.9. The molecule has 0 fully saturated rings. The van der Waals surface area contributed by atoms with Crippen LogP contribution in [0.15, 0.2) is 44.2 Å². The minimum Gasteiger partial charge on any atom is -0.339 e. The van der Waals surface area contributed by atoms with Gasteiger partial charge in [0.15, 0.2) is 0 Å². The van der Waals surface area contributed by atoms with Gasteiger partial charge in [-0.05, 0) is 31.2 Å². The van der Waals surface area contributed by atoms with Gasteiger partial charge in [0.2, 0.25) is 11.7 Å². The first kappa shape index (κ1) is 17.1. The zero-order chi connectivity index (χ0) is 17.3. The Morgan fingerprint density at radius 3 is 2.79 bits per heavy atom. The molecule has 0 aliphatic heterocycles. The van der Waals surface area contributed by atoms with Crippen molar-refractivity contribution < 1.29 is 12.9 Å². The second-order valence-electron chi connectivity index (χ2n) is 5.01. The van der Waals surface area contributed by atoms with Crippen LogP contribution in [0.2, 0.25) is 0 Å². The van der Waals surface area contributed by atoms with Gasteiger partial charge in [-0.25, -0.2) is 8.42 Å². The SMILES string of the molecule is CCc1nc(-c2cc(S(=O)(=O)Nc3cccc(Br)c3)c(C)s2)no1. The predicted molar refractivity (Wildman–Crippen MR) is 96.7 cm³/mol. The van der Waals surface area contributed by atoms with E-state index in [-0.39, 0.29) is 4.90 Å². The number of aryl methyl sites for hydroxylation is 2. The minimum absolute atomic E-state index is 0.213. The zero-order valence-electron chi connectivity index (χ0n) is 12.9. The maximum atomic E-state index is 12.7. The van der Waals surface area contributed by atoms with Crippen LogP contribution in [0.3, 0.4) is 0 Å². The lowest BCUT2D eigenvalue weighted by Gasteiger charge is -2.07. The lowest BCUT2D eigenvalue weighted by molar-refractivity contribution is 0.383. The predicted octanol–water partition coefficient (Wildman–Crippen LogP) is 4.23. The van der Waals surface area contributed by atoms with Crippen molar-refractivity contribution in [2.45, 2.75) is 25.2 Å². The van der Waals surface area contributed by atoms with Gasteiger partial charge in [0.05, 0.1) is 4.88 Å². The molecule has 9 heteroatoms. The fourth-order valence-corrected chi connectivity index (χ4v) is 5.07. The molecular weight excluding hydrogens is 414 g/mol. The van der Waals surface area contributed by atoms with Gasteiger partial charge in [-0.15, -0.1) is 11.3 Å². The highest BCUT2D eigenvalue weighted by Gasteiger charge is 2.22. The summed E-state index contributed by atoms with van der Waals surface area (Å²) in [7, 11) is -3.69. The van der Waals surface area contributed by atoms with Crippen molar-refractivity contribution in [2.24, 2.45) is 0 Å². The number of rotatable bonds is 5. The third-order valence-corrected chi connectivity index (χ3v) is 6.41. The van der Waals surface area contributed by atoms with E-state index in [1.807, 2.05) is 13.0 Å². The Labute approximate surface area is 152 Å². The molecule has 0 saturated carbocycles. The number of halogens is 1. The van der Waals surface area contributed by atoms with Crippen molar-refractivity contribution in [3.8, 4) is 10.7 Å². The van der Waals surface area contributed by atoms with Gasteiger partial charge in [0, 0.05) is 21.5 Å². The average molecular weight is 428 g/mol. The molecule has 0 atom stereocenters. The molecule has 3 aromatic rings. The van der Waals surface area contributed by atoms with Crippen LogP contribution in [-0.2, 0) is 16.4 Å². The molecule has 0 bridgehead atoms. The number of benzene rings is 1. The van der Waals surface area contributed by atoms with Crippen LogP contribution in [0, 0.1) is 6.92 Å². The monoisotopic (exact) mass is 427 g/mol. The van der Waals surface area contributed by atoms with Crippen molar-refractivity contribution in [1.29, 1.82) is 0 Å². The molecule has 2 heterocycles. The summed E-state index contributed by atoms with van der Waals surface area (Å²) >= 11 is 4.64. The average Bonchev–Trinajstić information content (AvgIpc) is 3.13. The molecule has 0 aliphatic carbocycles. The topological polar surface area (TPSA) is 85.1 Å². The van der Waals surface area contributed by atoms with Crippen LogP contribution in [0.5, 0.6) is 0 Å². The van der Waals surface area contributed by atoms with E-state index in [9.17, 15) is 8.42 Å². The molecule has 0 amide bonds. The van der Waals surface area contributed by atoms with Gasteiger partial charge in [-0.3, -0.25) is 4.72 Å². The molecule has 126 valence electrons. The summed E-state index contributed by atoms with van der Waals surface area (Å²) in [6, 6.07) is 8.56. The van der Waals surface area contributed by atoms with E-state index in [1.165, 1.54) is 11.3 Å². The lowest BCUT2D eigenvalue weighted by Crippen LogP contribution is -2.13. The summed E-state index contributed by atoms with van der Waals surface area (Å²) in [4.78, 5) is 5.78. The first-order valence-electron chi connectivity index (χ1n) is 7.11. The molecule has 0 unspecified atom stereocenters. The first-order valence-corrected chi connectivity index (χ1v) is 10.2. The Morgan fingerprint density at radius 1 is 1.33 bits per heavy atom. The molecule has 24 heavy (non-hydrogen) atoms. The molecule has 1 N–H and O–H groups in total. The number of anilines is 1. The van der Waals surface area contributed by atoms with E-state index in [0.717, 1.165) is 4.47 Å². The summed E-state index contributed by atoms with van der Waals surface area (Å²) in [6.45, 7) is 3.67. The third-order valence-electron chi connectivity index (χ3n) is 3.23. The van der Waals surface area contributed by atoms with Crippen molar-refractivity contribution in [3.63, 3.8) is 0 Å². The van der Waals surface area contributed by atoms with Crippen LogP contribution in [0.1, 0.15) is 17.7 Å². The minimum atomic E-state index is -3.69. The third kappa shape index (κ3) is 3.52. The smallest absolute Gasteiger partial charge is 0.263 e. The van der Waals surface area contributed by atoms with E-state index in [4.69, 9.17) is 4.52 Å². The Balaban J connectivity index is 1.93. The van der Waals surface area contributed by atoms with Crippen LogP contribution in [0.25, 0.3) is 10.7 Å². The zero-order valence-corrected chi connectivity index (χ0v) is 16.1. The molecule has 0 aliphatic rings. The van der Waals surface area contributed by atoms with Crippen molar-refractivity contribution in [2.75, 3.05) is 4.72 Å². The number of aromatic nitrogens is 2. The molecule has 6 nitrogen and oxygen atoms in total. The fraction of sp³-hybridized carbons (Fsp3) is 0.200. The summed E-state index contributed by atoms with van der Waals surface area (Å²) in [5, 5.41) is 3.89. The van der Waals surface area contributed by atoms with Crippen LogP contribution < -0.4 is 4.72 Å². The molecule has 0 spiro atoms. The molecule has 1 aromatic carbocycles. The van der Waals surface area contributed by atoms with Crippen LogP contribution in [-0.4, -0.2) is 18.6 Å². The van der Waals surface area contributed by atoms with E-state index in [0.29, 0.717) is 33.6 Å². The Morgan fingerprint density at radius 2 is 2.12 bits per heavy atom. The summed E-state index contributed by atoms with van der Waals surface area (Å²) in [5.41, 5.74) is 0.490. The normalized spacial score (nSPS) is 11.6. The highest BCUT2D eigenvalue weighted by Crippen LogP contribution is 2.33. The van der Waals surface area contributed by atoms with Gasteiger partial charge < -0.3 is 4.52 Å². The number of hydrogen-bond donors (Lipinski definition) is 1. The van der Waals surface area contributed by atoms with Gasteiger partial charge in [-0.2, -0.15) is 4.98 Å². The molecule has 0 saturated heterocycles. The second-order valence-corrected chi connectivity index (χ2v) is 8.84. The van der Waals surface area contributed by atoms with E-state index in [2.05, 4.69) is 30.8 Å². The van der Waals surface area contributed by atoms with Gasteiger partial charge in [-0.1, -0.05) is 34.1 Å². The van der Waals surface area contributed by atoms with Crippen molar-refractivity contribution in [1.82, 2.24) is 10.1 Å². The van der Waals surface area contributed by atoms with Crippen LogP contribution in [0.4, 0.5) is 5.69 Å². The first-order chi connectivity index (χ1) is 11.4.